The van der Waals surface area contributed by atoms with Crippen LogP contribution in [0.15, 0.2) is 12.1 Å². The summed E-state index contributed by atoms with van der Waals surface area (Å²) in [5, 5.41) is 18.6. The zero-order valence-corrected chi connectivity index (χ0v) is 7.63. The number of nitrogens with zero attached hydrogens (tertiary/aromatic N) is 1. The number of benzene rings is 1. The summed E-state index contributed by atoms with van der Waals surface area (Å²) < 4.78 is 36.6. The van der Waals surface area contributed by atoms with E-state index in [0.29, 0.717) is 6.07 Å². The van der Waals surface area contributed by atoms with Crippen molar-refractivity contribution in [2.75, 3.05) is 0 Å². The molecule has 0 radical (unpaired) electrons. The summed E-state index contributed by atoms with van der Waals surface area (Å²) in [7, 11) is 0. The Hall–Kier alpha value is -1.50. The molecule has 0 aliphatic carbocycles. The molecule has 8 heteroatoms. The Bertz CT molecular complexity index is 419. The third-order valence-electron chi connectivity index (χ3n) is 1.57. The molecule has 1 aromatic rings. The van der Waals surface area contributed by atoms with Gasteiger partial charge >= 0.3 is 6.18 Å². The van der Waals surface area contributed by atoms with Gasteiger partial charge in [0.25, 0.3) is 5.69 Å². The Morgan fingerprint density at radius 1 is 1.40 bits per heavy atom. The summed E-state index contributed by atoms with van der Waals surface area (Å²) in [6, 6.07) is 0.681. The van der Waals surface area contributed by atoms with E-state index in [0.717, 1.165) is 0 Å². The van der Waals surface area contributed by atoms with Crippen molar-refractivity contribution in [3.05, 3.63) is 32.8 Å². The Balaban J connectivity index is 3.43. The van der Waals surface area contributed by atoms with E-state index in [1.807, 2.05) is 0 Å². The first-order valence-electron chi connectivity index (χ1n) is 3.47. The van der Waals surface area contributed by atoms with Crippen molar-refractivity contribution in [2.45, 2.75) is 6.18 Å². The van der Waals surface area contributed by atoms with Gasteiger partial charge in [0, 0.05) is 12.1 Å². The number of rotatable bonds is 1. The Morgan fingerprint density at radius 3 is 2.33 bits per heavy atom. The summed E-state index contributed by atoms with van der Waals surface area (Å²) in [5.74, 6) is -1.14. The predicted octanol–water partition coefficient (Wildman–Crippen LogP) is 2.97. The molecule has 1 rings (SSSR count). The highest BCUT2D eigenvalue weighted by molar-refractivity contribution is 6.32. The molecule has 0 aliphatic rings. The lowest BCUT2D eigenvalue weighted by molar-refractivity contribution is -0.385. The van der Waals surface area contributed by atoms with Crippen molar-refractivity contribution in [3.63, 3.8) is 0 Å². The van der Waals surface area contributed by atoms with Gasteiger partial charge in [-0.15, -0.1) is 0 Å². The highest BCUT2D eigenvalue weighted by Gasteiger charge is 2.36. The van der Waals surface area contributed by atoms with Crippen molar-refractivity contribution in [1.29, 1.82) is 0 Å². The zero-order chi connectivity index (χ0) is 11.8. The zero-order valence-electron chi connectivity index (χ0n) is 6.88. The van der Waals surface area contributed by atoms with Crippen LogP contribution >= 0.6 is 11.6 Å². The van der Waals surface area contributed by atoms with Gasteiger partial charge in [0.2, 0.25) is 0 Å². The number of hydrogen-bond donors (Lipinski definition) is 1. The standard InChI is InChI=1S/C7H3ClF3NO3/c8-4-2-6(13)3(7(9,10)11)1-5(4)12(14)15/h1-2,13H. The molecular weight excluding hydrogens is 239 g/mol. The Morgan fingerprint density at radius 2 is 1.93 bits per heavy atom. The van der Waals surface area contributed by atoms with E-state index in [2.05, 4.69) is 0 Å². The molecule has 0 atom stereocenters. The number of aromatic hydroxyl groups is 1. The lowest BCUT2D eigenvalue weighted by Crippen LogP contribution is -2.06. The second kappa shape index (κ2) is 3.58. The third kappa shape index (κ3) is 2.30. The van der Waals surface area contributed by atoms with Crippen LogP contribution in [0.4, 0.5) is 18.9 Å². The maximum Gasteiger partial charge on any atom is 0.420 e. The number of hydrogen-bond acceptors (Lipinski definition) is 3. The Kier molecular flexibility index (Phi) is 2.76. The first kappa shape index (κ1) is 11.6. The molecule has 1 aromatic carbocycles. The summed E-state index contributed by atoms with van der Waals surface area (Å²) in [5.41, 5.74) is -2.39. The molecule has 1 N–H and O–H groups in total. The van der Waals surface area contributed by atoms with Gasteiger partial charge in [-0.2, -0.15) is 13.2 Å². The molecule has 15 heavy (non-hydrogen) atoms. The van der Waals surface area contributed by atoms with Crippen molar-refractivity contribution in [2.24, 2.45) is 0 Å². The van der Waals surface area contributed by atoms with Crippen molar-refractivity contribution in [1.82, 2.24) is 0 Å². The quantitative estimate of drug-likeness (QED) is 0.607. The topological polar surface area (TPSA) is 63.4 Å². The minimum atomic E-state index is -4.86. The van der Waals surface area contributed by atoms with E-state index in [-0.39, 0.29) is 6.07 Å². The fourth-order valence-electron chi connectivity index (χ4n) is 0.918. The molecule has 0 aromatic heterocycles. The van der Waals surface area contributed by atoms with E-state index in [1.54, 1.807) is 0 Å². The highest BCUT2D eigenvalue weighted by Crippen LogP contribution is 2.40. The lowest BCUT2D eigenvalue weighted by atomic mass is 10.1. The van der Waals surface area contributed by atoms with Crippen molar-refractivity contribution >= 4 is 17.3 Å². The van der Waals surface area contributed by atoms with Crippen molar-refractivity contribution in [3.8, 4) is 5.75 Å². The van der Waals surface area contributed by atoms with Crippen LogP contribution in [0.2, 0.25) is 5.02 Å². The number of phenolic OH excluding ortho intramolecular Hbond substituents is 1. The minimum absolute atomic E-state index is 0.192. The molecule has 4 nitrogen and oxygen atoms in total. The Labute approximate surface area is 86.0 Å². The fraction of sp³-hybridized carbons (Fsp3) is 0.143. The number of phenols is 1. The SMILES string of the molecule is O=[N+]([O-])c1cc(C(F)(F)F)c(O)cc1Cl. The summed E-state index contributed by atoms with van der Waals surface area (Å²) in [6.07, 6.45) is -4.86. The fourth-order valence-corrected chi connectivity index (χ4v) is 1.15. The maximum atomic E-state index is 12.2. The highest BCUT2D eigenvalue weighted by atomic mass is 35.5. The summed E-state index contributed by atoms with van der Waals surface area (Å²) in [4.78, 5) is 9.23. The van der Waals surface area contributed by atoms with Crippen LogP contribution in [0.25, 0.3) is 0 Å². The monoisotopic (exact) mass is 241 g/mol. The molecule has 0 amide bonds. The second-order valence-corrected chi connectivity index (χ2v) is 2.98. The van der Waals surface area contributed by atoms with Crippen LogP contribution in [0.1, 0.15) is 5.56 Å². The molecule has 0 bridgehead atoms. The second-order valence-electron chi connectivity index (χ2n) is 2.58. The van der Waals surface area contributed by atoms with Gasteiger partial charge in [-0.3, -0.25) is 10.1 Å². The number of alkyl halides is 3. The largest absolute Gasteiger partial charge is 0.507 e. The van der Waals surface area contributed by atoms with E-state index in [4.69, 9.17) is 16.7 Å². The minimum Gasteiger partial charge on any atom is -0.507 e. The lowest BCUT2D eigenvalue weighted by Gasteiger charge is -2.08. The van der Waals surface area contributed by atoms with Gasteiger partial charge in [-0.1, -0.05) is 11.6 Å². The van der Waals surface area contributed by atoms with Gasteiger partial charge in [0.15, 0.2) is 0 Å². The van der Waals surface area contributed by atoms with E-state index in [1.165, 1.54) is 0 Å². The molecule has 0 fully saturated rings. The van der Waals surface area contributed by atoms with Crippen LogP contribution in [0.5, 0.6) is 5.75 Å². The maximum absolute atomic E-state index is 12.2. The van der Waals surface area contributed by atoms with Gasteiger partial charge in [0.1, 0.15) is 16.3 Å². The molecule has 0 saturated heterocycles. The number of halogens is 4. The van der Waals surface area contributed by atoms with Crippen LogP contribution in [0.3, 0.4) is 0 Å². The molecular formula is C7H3ClF3NO3. The molecule has 0 aliphatic heterocycles. The van der Waals surface area contributed by atoms with Gasteiger partial charge in [0.05, 0.1) is 4.92 Å². The van der Waals surface area contributed by atoms with Crippen LogP contribution in [0, 0.1) is 10.1 Å². The van der Waals surface area contributed by atoms with Crippen LogP contribution < -0.4 is 0 Å². The van der Waals surface area contributed by atoms with Crippen molar-refractivity contribution < 1.29 is 23.2 Å². The average molecular weight is 242 g/mol. The molecule has 0 unspecified atom stereocenters. The molecule has 82 valence electrons. The van der Waals surface area contributed by atoms with E-state index < -0.39 is 33.1 Å². The molecule has 0 spiro atoms. The molecule has 0 heterocycles. The molecule has 0 saturated carbocycles. The summed E-state index contributed by atoms with van der Waals surface area (Å²) >= 11 is 5.28. The average Bonchev–Trinajstić information content (AvgIpc) is 2.00. The van der Waals surface area contributed by atoms with Gasteiger partial charge in [-0.05, 0) is 0 Å². The van der Waals surface area contributed by atoms with Crippen LogP contribution in [-0.4, -0.2) is 10.0 Å². The summed E-state index contributed by atoms with van der Waals surface area (Å²) in [6.45, 7) is 0. The number of nitro benzene ring substituents is 1. The van der Waals surface area contributed by atoms with E-state index >= 15 is 0 Å². The van der Waals surface area contributed by atoms with E-state index in [9.17, 15) is 23.3 Å². The van der Waals surface area contributed by atoms with Gasteiger partial charge in [-0.25, -0.2) is 0 Å². The smallest absolute Gasteiger partial charge is 0.420 e. The third-order valence-corrected chi connectivity index (χ3v) is 1.87. The van der Waals surface area contributed by atoms with Gasteiger partial charge < -0.3 is 5.11 Å². The van der Waals surface area contributed by atoms with Crippen LogP contribution in [-0.2, 0) is 6.18 Å². The first-order chi connectivity index (χ1) is 6.73. The first-order valence-corrected chi connectivity index (χ1v) is 3.85. The number of nitro groups is 1. The predicted molar refractivity (Wildman–Crippen MR) is 44.8 cm³/mol. The normalized spacial score (nSPS) is 11.5.